The van der Waals surface area contributed by atoms with E-state index < -0.39 is 11.9 Å². The van der Waals surface area contributed by atoms with Gasteiger partial charge in [-0.05, 0) is 23.8 Å². The first-order valence-electron chi connectivity index (χ1n) is 7.47. The molecular formula is C18H16ClFN4O2. The van der Waals surface area contributed by atoms with Gasteiger partial charge in [0.15, 0.2) is 5.96 Å². The van der Waals surface area contributed by atoms with Gasteiger partial charge in [-0.3, -0.25) is 20.3 Å². The van der Waals surface area contributed by atoms with Crippen LogP contribution in [0.5, 0.6) is 0 Å². The number of nitrogens with two attached hydrogens (primary N) is 1. The van der Waals surface area contributed by atoms with Gasteiger partial charge in [0.2, 0.25) is 0 Å². The van der Waals surface area contributed by atoms with E-state index >= 15 is 0 Å². The van der Waals surface area contributed by atoms with Crippen LogP contribution >= 0.6 is 12.4 Å². The Balaban J connectivity index is 0.00000243. The minimum Gasteiger partial charge on any atom is -0.370 e. The molecule has 3 rings (SSSR count). The van der Waals surface area contributed by atoms with E-state index in [1.807, 2.05) is 0 Å². The summed E-state index contributed by atoms with van der Waals surface area (Å²) in [5.74, 6) is -1.42. The molecule has 0 bridgehead atoms. The Morgan fingerprint density at radius 3 is 2.35 bits per heavy atom. The fourth-order valence-electron chi connectivity index (χ4n) is 2.62. The molecule has 0 aliphatic carbocycles. The zero-order valence-corrected chi connectivity index (χ0v) is 14.3. The number of fused-ring (bicyclic) bond motifs is 1. The maximum Gasteiger partial charge on any atom is 0.260 e. The van der Waals surface area contributed by atoms with Crippen LogP contribution in [-0.4, -0.2) is 16.4 Å². The molecular weight excluding hydrogens is 359 g/mol. The van der Waals surface area contributed by atoms with Crippen LogP contribution in [0, 0.1) is 11.2 Å². The number of aromatic nitrogens is 1. The summed E-state index contributed by atoms with van der Waals surface area (Å²) in [7, 11) is 0. The molecule has 0 radical (unpaired) electrons. The standard InChI is InChI=1S/C18H15FN4O2.ClH/c19-12-7-5-11(6-8-12)9-23-10-15(16(24)22-18(20)21)13-3-1-2-4-14(13)17(23)25;/h1-8,10H,9H2,(H4,20,21,22,24);1H. The highest BCUT2D eigenvalue weighted by Crippen LogP contribution is 2.16. The van der Waals surface area contributed by atoms with Crippen molar-refractivity contribution >= 4 is 35.0 Å². The molecule has 3 aromatic rings. The molecule has 1 amide bonds. The summed E-state index contributed by atoms with van der Waals surface area (Å²) in [6, 6.07) is 12.5. The van der Waals surface area contributed by atoms with E-state index in [9.17, 15) is 14.0 Å². The lowest BCUT2D eigenvalue weighted by molar-refractivity contribution is 0.0977. The van der Waals surface area contributed by atoms with Crippen molar-refractivity contribution in [3.05, 3.63) is 82.0 Å². The molecule has 2 aromatic carbocycles. The molecule has 0 saturated heterocycles. The van der Waals surface area contributed by atoms with Crippen LogP contribution in [-0.2, 0) is 6.54 Å². The van der Waals surface area contributed by atoms with E-state index in [1.54, 1.807) is 36.4 Å². The Bertz CT molecular complexity index is 1030. The molecule has 1 heterocycles. The zero-order chi connectivity index (χ0) is 18.0. The fourth-order valence-corrected chi connectivity index (χ4v) is 2.62. The molecule has 0 atom stereocenters. The molecule has 4 N–H and O–H groups in total. The Kier molecular flexibility index (Phi) is 5.74. The summed E-state index contributed by atoms with van der Waals surface area (Å²) in [6.07, 6.45) is 1.42. The number of pyridine rings is 1. The SMILES string of the molecule is Cl.N=C(N)NC(=O)c1cn(Cc2ccc(F)cc2)c(=O)c2ccccc12. The topological polar surface area (TPSA) is 101 Å². The van der Waals surface area contributed by atoms with Crippen molar-refractivity contribution in [2.45, 2.75) is 6.54 Å². The van der Waals surface area contributed by atoms with Crippen LogP contribution in [0.15, 0.2) is 59.5 Å². The van der Waals surface area contributed by atoms with Crippen LogP contribution in [0.3, 0.4) is 0 Å². The molecule has 0 aliphatic rings. The van der Waals surface area contributed by atoms with Crippen LogP contribution in [0.4, 0.5) is 4.39 Å². The van der Waals surface area contributed by atoms with Crippen molar-refractivity contribution in [2.24, 2.45) is 5.73 Å². The second kappa shape index (κ2) is 7.79. The minimum absolute atomic E-state index is 0. The number of nitrogens with zero attached hydrogens (tertiary/aromatic N) is 1. The lowest BCUT2D eigenvalue weighted by Gasteiger charge is -2.12. The number of halogens is 2. The number of benzene rings is 2. The lowest BCUT2D eigenvalue weighted by Crippen LogP contribution is -2.36. The molecule has 134 valence electrons. The average molecular weight is 375 g/mol. The maximum atomic E-state index is 13.1. The number of carbonyl (C=O) groups excluding carboxylic acids is 1. The van der Waals surface area contributed by atoms with Gasteiger partial charge in [-0.25, -0.2) is 4.39 Å². The molecule has 0 aliphatic heterocycles. The average Bonchev–Trinajstić information content (AvgIpc) is 2.58. The van der Waals surface area contributed by atoms with Gasteiger partial charge < -0.3 is 10.3 Å². The van der Waals surface area contributed by atoms with Crippen molar-refractivity contribution in [1.29, 1.82) is 5.41 Å². The Morgan fingerprint density at radius 2 is 1.73 bits per heavy atom. The highest BCUT2D eigenvalue weighted by molar-refractivity contribution is 6.11. The second-order valence-corrected chi connectivity index (χ2v) is 5.52. The van der Waals surface area contributed by atoms with Crippen molar-refractivity contribution in [1.82, 2.24) is 9.88 Å². The highest BCUT2D eigenvalue weighted by Gasteiger charge is 2.15. The Hall–Kier alpha value is -3.19. The van der Waals surface area contributed by atoms with Crippen molar-refractivity contribution in [2.75, 3.05) is 0 Å². The first kappa shape index (κ1) is 19.1. The molecule has 0 unspecified atom stereocenters. The third kappa shape index (κ3) is 3.89. The predicted octanol–water partition coefficient (Wildman–Crippen LogP) is 2.23. The number of nitrogens with one attached hydrogen (secondary N) is 2. The number of amides is 1. The Morgan fingerprint density at radius 1 is 1.12 bits per heavy atom. The number of hydrogen-bond donors (Lipinski definition) is 3. The fraction of sp³-hybridized carbons (Fsp3) is 0.0556. The quantitative estimate of drug-likeness (QED) is 0.484. The number of guanidine groups is 1. The lowest BCUT2D eigenvalue weighted by atomic mass is 10.1. The maximum absolute atomic E-state index is 13.1. The summed E-state index contributed by atoms with van der Waals surface area (Å²) < 4.78 is 14.4. The van der Waals surface area contributed by atoms with Crippen LogP contribution in [0.2, 0.25) is 0 Å². The van der Waals surface area contributed by atoms with E-state index in [-0.39, 0.29) is 35.9 Å². The van der Waals surface area contributed by atoms with Gasteiger partial charge in [0.05, 0.1) is 12.1 Å². The number of rotatable bonds is 3. The minimum atomic E-state index is -0.573. The number of carbonyl (C=O) groups is 1. The third-order valence-electron chi connectivity index (χ3n) is 3.75. The summed E-state index contributed by atoms with van der Waals surface area (Å²) in [6.45, 7) is 0.185. The van der Waals surface area contributed by atoms with E-state index in [1.165, 1.54) is 22.9 Å². The third-order valence-corrected chi connectivity index (χ3v) is 3.75. The van der Waals surface area contributed by atoms with Gasteiger partial charge in [-0.1, -0.05) is 30.3 Å². The summed E-state index contributed by atoms with van der Waals surface area (Å²) in [4.78, 5) is 25.0. The van der Waals surface area contributed by atoms with Crippen LogP contribution < -0.4 is 16.6 Å². The molecule has 6 nitrogen and oxygen atoms in total. The summed E-state index contributed by atoms with van der Waals surface area (Å²) in [5, 5.41) is 10.3. The zero-order valence-electron chi connectivity index (χ0n) is 13.5. The number of hydrogen-bond acceptors (Lipinski definition) is 3. The van der Waals surface area contributed by atoms with E-state index in [0.29, 0.717) is 10.8 Å². The van der Waals surface area contributed by atoms with Gasteiger partial charge in [-0.2, -0.15) is 0 Å². The summed E-state index contributed by atoms with van der Waals surface area (Å²) in [5.41, 5.74) is 5.91. The first-order chi connectivity index (χ1) is 12.0. The van der Waals surface area contributed by atoms with E-state index in [2.05, 4.69) is 5.32 Å². The van der Waals surface area contributed by atoms with Gasteiger partial charge in [0, 0.05) is 17.0 Å². The molecule has 0 fully saturated rings. The molecule has 0 spiro atoms. The molecule has 0 saturated carbocycles. The first-order valence-corrected chi connectivity index (χ1v) is 7.47. The van der Waals surface area contributed by atoms with Crippen molar-refractivity contribution < 1.29 is 9.18 Å². The molecule has 26 heavy (non-hydrogen) atoms. The van der Waals surface area contributed by atoms with Gasteiger partial charge in [0.25, 0.3) is 11.5 Å². The molecule has 1 aromatic heterocycles. The van der Waals surface area contributed by atoms with Crippen LogP contribution in [0.1, 0.15) is 15.9 Å². The monoisotopic (exact) mass is 374 g/mol. The van der Waals surface area contributed by atoms with Crippen LogP contribution in [0.25, 0.3) is 10.8 Å². The largest absolute Gasteiger partial charge is 0.370 e. The summed E-state index contributed by atoms with van der Waals surface area (Å²) >= 11 is 0. The molecule has 8 heteroatoms. The van der Waals surface area contributed by atoms with Gasteiger partial charge in [0.1, 0.15) is 5.82 Å². The smallest absolute Gasteiger partial charge is 0.260 e. The van der Waals surface area contributed by atoms with E-state index in [0.717, 1.165) is 5.56 Å². The second-order valence-electron chi connectivity index (χ2n) is 5.52. The highest BCUT2D eigenvalue weighted by atomic mass is 35.5. The van der Waals surface area contributed by atoms with Gasteiger partial charge in [-0.15, -0.1) is 12.4 Å². The van der Waals surface area contributed by atoms with Crippen molar-refractivity contribution in [3.8, 4) is 0 Å². The van der Waals surface area contributed by atoms with E-state index in [4.69, 9.17) is 11.1 Å². The van der Waals surface area contributed by atoms with Crippen molar-refractivity contribution in [3.63, 3.8) is 0 Å². The predicted molar refractivity (Wildman–Crippen MR) is 100 cm³/mol. The normalized spacial score (nSPS) is 10.2. The van der Waals surface area contributed by atoms with Gasteiger partial charge >= 0.3 is 0 Å². The Labute approximate surface area is 154 Å².